The van der Waals surface area contributed by atoms with Crippen molar-refractivity contribution in [2.24, 2.45) is 0 Å². The molecule has 102 valence electrons. The first-order valence-corrected chi connectivity index (χ1v) is 6.33. The fourth-order valence-corrected chi connectivity index (χ4v) is 2.13. The number of carbonyl (C=O) groups is 1. The molecule has 2 aromatic carbocycles. The predicted octanol–water partition coefficient (Wildman–Crippen LogP) is 3.86. The van der Waals surface area contributed by atoms with Crippen LogP contribution in [0.15, 0.2) is 54.6 Å². The van der Waals surface area contributed by atoms with Crippen molar-refractivity contribution >= 4 is 23.1 Å². The molecule has 0 spiro atoms. The van der Waals surface area contributed by atoms with E-state index in [2.05, 4.69) is 0 Å². The average Bonchev–Trinajstić information content (AvgIpc) is 2.46. The highest BCUT2D eigenvalue weighted by atomic mass is 35.5. The number of benzene rings is 2. The molecule has 0 saturated heterocycles. The maximum atomic E-state index is 11.0. The minimum atomic E-state index is -1.02. The number of hydrogen-bond donors (Lipinski definition) is 1. The first-order chi connectivity index (χ1) is 9.61. The Hall–Kier alpha value is -2.26. The van der Waals surface area contributed by atoms with Gasteiger partial charge in [0, 0.05) is 16.7 Å². The molecule has 2 rings (SSSR count). The molecule has 0 radical (unpaired) electrons. The van der Waals surface area contributed by atoms with E-state index >= 15 is 0 Å². The zero-order valence-corrected chi connectivity index (χ0v) is 11.6. The lowest BCUT2D eigenvalue weighted by Gasteiger charge is -2.10. The molecule has 0 fully saturated rings. The quantitative estimate of drug-likeness (QED) is 0.869. The third-order valence-electron chi connectivity index (χ3n) is 2.83. The molecule has 0 amide bonds. The Balaban J connectivity index is 2.53. The molecular formula is C16H13ClO3. The van der Waals surface area contributed by atoms with Crippen LogP contribution in [0.4, 0.5) is 0 Å². The van der Waals surface area contributed by atoms with E-state index in [1.165, 1.54) is 0 Å². The van der Waals surface area contributed by atoms with Gasteiger partial charge in [0.25, 0.3) is 0 Å². The Morgan fingerprint density at radius 1 is 1.15 bits per heavy atom. The highest BCUT2D eigenvalue weighted by molar-refractivity contribution is 6.32. The van der Waals surface area contributed by atoms with Gasteiger partial charge in [-0.2, -0.15) is 0 Å². The van der Waals surface area contributed by atoms with Crippen LogP contribution >= 0.6 is 11.6 Å². The molecule has 0 unspecified atom stereocenters. The number of hydrogen-bond acceptors (Lipinski definition) is 2. The Labute approximate surface area is 122 Å². The van der Waals surface area contributed by atoms with Crippen molar-refractivity contribution in [3.8, 4) is 5.75 Å². The lowest BCUT2D eigenvalue weighted by molar-refractivity contribution is -0.131. The van der Waals surface area contributed by atoms with Gasteiger partial charge in [-0.25, -0.2) is 4.79 Å². The van der Waals surface area contributed by atoms with Gasteiger partial charge in [0.15, 0.2) is 0 Å². The minimum Gasteiger partial charge on any atom is -0.497 e. The van der Waals surface area contributed by atoms with Gasteiger partial charge < -0.3 is 9.84 Å². The Morgan fingerprint density at radius 2 is 1.80 bits per heavy atom. The van der Waals surface area contributed by atoms with Crippen molar-refractivity contribution in [1.29, 1.82) is 0 Å². The van der Waals surface area contributed by atoms with Crippen molar-refractivity contribution < 1.29 is 14.6 Å². The van der Waals surface area contributed by atoms with Gasteiger partial charge in [-0.1, -0.05) is 41.9 Å². The molecule has 0 bridgehead atoms. The van der Waals surface area contributed by atoms with Crippen molar-refractivity contribution in [3.63, 3.8) is 0 Å². The standard InChI is InChI=1S/C16H13ClO3/c1-20-12-8-6-11(7-9-12)14(10-16(18)19)13-4-2-3-5-15(13)17/h2-10H,1H3,(H,18,19)/b14-10-. The molecule has 0 aromatic heterocycles. The Bertz CT molecular complexity index is 645. The van der Waals surface area contributed by atoms with Crippen molar-refractivity contribution in [2.75, 3.05) is 7.11 Å². The van der Waals surface area contributed by atoms with Gasteiger partial charge in [0.1, 0.15) is 5.75 Å². The van der Waals surface area contributed by atoms with Gasteiger partial charge in [-0.05, 0) is 29.3 Å². The van der Waals surface area contributed by atoms with E-state index in [0.29, 0.717) is 21.9 Å². The van der Waals surface area contributed by atoms with Crippen LogP contribution in [0.1, 0.15) is 11.1 Å². The summed E-state index contributed by atoms with van der Waals surface area (Å²) in [6.07, 6.45) is 1.16. The number of methoxy groups -OCH3 is 1. The normalized spacial score (nSPS) is 11.2. The maximum Gasteiger partial charge on any atom is 0.328 e. The van der Waals surface area contributed by atoms with E-state index in [1.807, 2.05) is 6.07 Å². The second-order valence-electron chi connectivity index (χ2n) is 4.10. The Morgan fingerprint density at radius 3 is 2.35 bits per heavy atom. The molecule has 2 aromatic rings. The predicted molar refractivity (Wildman–Crippen MR) is 79.2 cm³/mol. The molecule has 0 aliphatic carbocycles. The largest absolute Gasteiger partial charge is 0.497 e. The summed E-state index contributed by atoms with van der Waals surface area (Å²) >= 11 is 6.15. The summed E-state index contributed by atoms with van der Waals surface area (Å²) < 4.78 is 5.10. The van der Waals surface area contributed by atoms with Crippen molar-refractivity contribution in [3.05, 3.63) is 70.8 Å². The zero-order chi connectivity index (χ0) is 14.5. The number of ether oxygens (including phenoxy) is 1. The van der Waals surface area contributed by atoms with Crippen LogP contribution in [0.3, 0.4) is 0 Å². The van der Waals surface area contributed by atoms with Crippen LogP contribution in [0.2, 0.25) is 5.02 Å². The van der Waals surface area contributed by atoms with Crippen LogP contribution in [-0.2, 0) is 4.79 Å². The van der Waals surface area contributed by atoms with Crippen LogP contribution in [0.5, 0.6) is 5.75 Å². The number of halogens is 1. The first kappa shape index (κ1) is 14.2. The molecule has 0 saturated carbocycles. The molecule has 1 N–H and O–H groups in total. The van der Waals surface area contributed by atoms with E-state index < -0.39 is 5.97 Å². The van der Waals surface area contributed by atoms with E-state index in [-0.39, 0.29) is 0 Å². The molecule has 0 atom stereocenters. The molecule has 0 heterocycles. The van der Waals surface area contributed by atoms with Crippen LogP contribution < -0.4 is 4.74 Å². The molecule has 3 nitrogen and oxygen atoms in total. The fourth-order valence-electron chi connectivity index (χ4n) is 1.89. The summed E-state index contributed by atoms with van der Waals surface area (Å²) in [6.45, 7) is 0. The van der Waals surface area contributed by atoms with Crippen molar-refractivity contribution in [1.82, 2.24) is 0 Å². The number of aliphatic carboxylic acids is 1. The second kappa shape index (κ2) is 6.26. The lowest BCUT2D eigenvalue weighted by atomic mass is 9.97. The molecule has 0 aliphatic heterocycles. The van der Waals surface area contributed by atoms with Crippen LogP contribution in [0, 0.1) is 0 Å². The summed E-state index contributed by atoms with van der Waals surface area (Å²) in [4.78, 5) is 11.0. The first-order valence-electron chi connectivity index (χ1n) is 5.96. The summed E-state index contributed by atoms with van der Waals surface area (Å²) in [5, 5.41) is 9.56. The van der Waals surface area contributed by atoms with E-state index in [9.17, 15) is 4.79 Å². The van der Waals surface area contributed by atoms with E-state index in [0.717, 1.165) is 11.6 Å². The van der Waals surface area contributed by atoms with Crippen LogP contribution in [0.25, 0.3) is 5.57 Å². The van der Waals surface area contributed by atoms with Gasteiger partial charge in [-0.15, -0.1) is 0 Å². The molecule has 0 aliphatic rings. The summed E-state index contributed by atoms with van der Waals surface area (Å²) in [7, 11) is 1.58. The summed E-state index contributed by atoms with van der Waals surface area (Å²) in [5.41, 5.74) is 2.01. The zero-order valence-electron chi connectivity index (χ0n) is 10.8. The van der Waals surface area contributed by atoms with E-state index in [1.54, 1.807) is 49.6 Å². The van der Waals surface area contributed by atoms with Crippen molar-refractivity contribution in [2.45, 2.75) is 0 Å². The molecule has 20 heavy (non-hydrogen) atoms. The highest BCUT2D eigenvalue weighted by Gasteiger charge is 2.10. The van der Waals surface area contributed by atoms with E-state index in [4.69, 9.17) is 21.4 Å². The SMILES string of the molecule is COc1ccc(/C(=C/C(=O)O)c2ccccc2Cl)cc1. The third kappa shape index (κ3) is 3.19. The molecular weight excluding hydrogens is 276 g/mol. The lowest BCUT2D eigenvalue weighted by Crippen LogP contribution is -1.95. The van der Waals surface area contributed by atoms with Gasteiger partial charge in [0.05, 0.1) is 7.11 Å². The minimum absolute atomic E-state index is 0.510. The number of carboxylic acids is 1. The van der Waals surface area contributed by atoms with Gasteiger partial charge >= 0.3 is 5.97 Å². The monoisotopic (exact) mass is 288 g/mol. The number of carboxylic acid groups (broad SMARTS) is 1. The van der Waals surface area contributed by atoms with Crippen LogP contribution in [-0.4, -0.2) is 18.2 Å². The average molecular weight is 289 g/mol. The number of rotatable bonds is 4. The highest BCUT2D eigenvalue weighted by Crippen LogP contribution is 2.30. The van der Waals surface area contributed by atoms with Gasteiger partial charge in [-0.3, -0.25) is 0 Å². The third-order valence-corrected chi connectivity index (χ3v) is 3.16. The smallest absolute Gasteiger partial charge is 0.328 e. The fraction of sp³-hybridized carbons (Fsp3) is 0.0625. The van der Waals surface area contributed by atoms with Gasteiger partial charge in [0.2, 0.25) is 0 Å². The molecule has 4 heteroatoms. The second-order valence-corrected chi connectivity index (χ2v) is 4.51. The summed E-state index contributed by atoms with van der Waals surface area (Å²) in [5.74, 6) is -0.307. The Kier molecular flexibility index (Phi) is 4.43. The topological polar surface area (TPSA) is 46.5 Å². The maximum absolute atomic E-state index is 11.0. The summed E-state index contributed by atoms with van der Waals surface area (Å²) in [6, 6.07) is 14.3.